The number of amides is 3. The molecule has 144 valence electrons. The molecule has 0 saturated heterocycles. The maximum absolute atomic E-state index is 12.2. The number of aryl methyl sites for hydroxylation is 2. The van der Waals surface area contributed by atoms with Crippen LogP contribution >= 0.6 is 0 Å². The molecule has 0 aromatic heterocycles. The van der Waals surface area contributed by atoms with Gasteiger partial charge in [0.05, 0.1) is 7.11 Å². The summed E-state index contributed by atoms with van der Waals surface area (Å²) < 4.78 is 5.33. The van der Waals surface area contributed by atoms with Crippen molar-refractivity contribution in [3.8, 4) is 5.75 Å². The first-order chi connectivity index (χ1) is 13.0. The minimum atomic E-state index is -0.286. The van der Waals surface area contributed by atoms with Gasteiger partial charge in [-0.1, -0.05) is 24.3 Å². The normalized spacial score (nSPS) is 10.2. The minimum absolute atomic E-state index is 0.155. The first-order valence-electron chi connectivity index (χ1n) is 9.10. The lowest BCUT2D eigenvalue weighted by Gasteiger charge is -2.12. The summed E-state index contributed by atoms with van der Waals surface area (Å²) in [6.07, 6.45) is 1.61. The van der Waals surface area contributed by atoms with Crippen LogP contribution in [0.25, 0.3) is 0 Å². The third-order valence-corrected chi connectivity index (χ3v) is 4.19. The molecule has 3 amide bonds. The molecule has 0 spiro atoms. The molecular weight excluding hydrogens is 342 g/mol. The first-order valence-corrected chi connectivity index (χ1v) is 9.10. The number of benzene rings is 2. The van der Waals surface area contributed by atoms with Gasteiger partial charge in [-0.05, 0) is 56.0 Å². The Kier molecular flexibility index (Phi) is 7.67. The van der Waals surface area contributed by atoms with Gasteiger partial charge in [0.15, 0.2) is 0 Å². The van der Waals surface area contributed by atoms with Gasteiger partial charge in [0.1, 0.15) is 5.75 Å². The molecule has 0 aliphatic carbocycles. The highest BCUT2D eigenvalue weighted by molar-refractivity contribution is 5.97. The van der Waals surface area contributed by atoms with Gasteiger partial charge in [-0.3, -0.25) is 4.79 Å². The van der Waals surface area contributed by atoms with Crippen LogP contribution < -0.4 is 20.7 Å². The first kappa shape index (κ1) is 20.3. The molecule has 27 heavy (non-hydrogen) atoms. The van der Waals surface area contributed by atoms with Gasteiger partial charge in [0.2, 0.25) is 0 Å². The summed E-state index contributed by atoms with van der Waals surface area (Å²) in [4.78, 5) is 24.1. The molecule has 0 radical (unpaired) electrons. The number of hydrogen-bond donors (Lipinski definition) is 3. The van der Waals surface area contributed by atoms with Crippen molar-refractivity contribution >= 4 is 17.6 Å². The van der Waals surface area contributed by atoms with Crippen molar-refractivity contribution in [3.05, 3.63) is 59.2 Å². The highest BCUT2D eigenvalue weighted by atomic mass is 16.5. The minimum Gasteiger partial charge on any atom is -0.496 e. The monoisotopic (exact) mass is 369 g/mol. The molecule has 0 saturated carbocycles. The van der Waals surface area contributed by atoms with Crippen LogP contribution in [0, 0.1) is 6.92 Å². The van der Waals surface area contributed by atoms with Crippen LogP contribution in [-0.4, -0.2) is 32.1 Å². The van der Waals surface area contributed by atoms with Crippen LogP contribution in [0.3, 0.4) is 0 Å². The number of urea groups is 1. The third-order valence-electron chi connectivity index (χ3n) is 4.19. The van der Waals surface area contributed by atoms with Crippen LogP contribution in [0.1, 0.15) is 34.8 Å². The quantitative estimate of drug-likeness (QED) is 0.623. The zero-order chi connectivity index (χ0) is 19.6. The number of hydrogen-bond acceptors (Lipinski definition) is 3. The molecule has 0 aliphatic heterocycles. The molecular formula is C21H27N3O3. The van der Waals surface area contributed by atoms with Crippen molar-refractivity contribution < 1.29 is 14.3 Å². The molecule has 0 atom stereocenters. The van der Waals surface area contributed by atoms with Crippen molar-refractivity contribution in [1.82, 2.24) is 10.6 Å². The van der Waals surface area contributed by atoms with Crippen LogP contribution in [0.2, 0.25) is 0 Å². The predicted octanol–water partition coefficient (Wildman–Crippen LogP) is 3.51. The van der Waals surface area contributed by atoms with Crippen molar-refractivity contribution in [1.29, 1.82) is 0 Å². The molecule has 2 rings (SSSR count). The van der Waals surface area contributed by atoms with Crippen molar-refractivity contribution in [3.63, 3.8) is 0 Å². The zero-order valence-electron chi connectivity index (χ0n) is 16.1. The lowest BCUT2D eigenvalue weighted by atomic mass is 10.1. The number of para-hydroxylation sites is 1. The molecule has 0 fully saturated rings. The SMILES string of the molecule is CCNC(=O)c1ccc(C)c(NC(=O)NCCCc2ccccc2OC)c1. The van der Waals surface area contributed by atoms with E-state index < -0.39 is 0 Å². The second kappa shape index (κ2) is 10.2. The second-order valence-corrected chi connectivity index (χ2v) is 6.19. The number of carbonyl (C=O) groups excluding carboxylic acids is 2. The third kappa shape index (κ3) is 6.02. The molecule has 6 nitrogen and oxygen atoms in total. The van der Waals surface area contributed by atoms with E-state index in [-0.39, 0.29) is 11.9 Å². The van der Waals surface area contributed by atoms with E-state index in [1.165, 1.54) is 0 Å². The molecule has 3 N–H and O–H groups in total. The Bertz CT molecular complexity index is 790. The molecule has 2 aromatic rings. The average molecular weight is 369 g/mol. The highest BCUT2D eigenvalue weighted by Gasteiger charge is 2.09. The van der Waals surface area contributed by atoms with E-state index in [9.17, 15) is 9.59 Å². The summed E-state index contributed by atoms with van der Waals surface area (Å²) in [6.45, 7) is 4.85. The second-order valence-electron chi connectivity index (χ2n) is 6.19. The predicted molar refractivity (Wildman–Crippen MR) is 108 cm³/mol. The van der Waals surface area contributed by atoms with Crippen molar-refractivity contribution in [2.24, 2.45) is 0 Å². The summed E-state index contributed by atoms with van der Waals surface area (Å²) in [5, 5.41) is 8.41. The average Bonchev–Trinajstić information content (AvgIpc) is 2.67. The number of anilines is 1. The van der Waals surface area contributed by atoms with E-state index in [1.54, 1.807) is 19.2 Å². The fraction of sp³-hybridized carbons (Fsp3) is 0.333. The van der Waals surface area contributed by atoms with Crippen molar-refractivity contribution in [2.45, 2.75) is 26.7 Å². The van der Waals surface area contributed by atoms with Gasteiger partial charge in [-0.2, -0.15) is 0 Å². The number of nitrogens with one attached hydrogen (secondary N) is 3. The lowest BCUT2D eigenvalue weighted by molar-refractivity contribution is 0.0956. The van der Waals surface area contributed by atoms with E-state index >= 15 is 0 Å². The molecule has 0 bridgehead atoms. The fourth-order valence-corrected chi connectivity index (χ4v) is 2.72. The Morgan fingerprint density at radius 3 is 2.59 bits per heavy atom. The van der Waals surface area contributed by atoms with E-state index in [1.807, 2.05) is 44.2 Å². The Morgan fingerprint density at radius 1 is 1.07 bits per heavy atom. The van der Waals surface area contributed by atoms with E-state index in [0.29, 0.717) is 24.3 Å². The number of ether oxygens (including phenoxy) is 1. The summed E-state index contributed by atoms with van der Waals surface area (Å²) in [5.74, 6) is 0.706. The summed E-state index contributed by atoms with van der Waals surface area (Å²) in [6, 6.07) is 12.8. The topological polar surface area (TPSA) is 79.5 Å². The van der Waals surface area contributed by atoms with Gasteiger partial charge in [0.25, 0.3) is 5.91 Å². The lowest BCUT2D eigenvalue weighted by Crippen LogP contribution is -2.30. The van der Waals surface area contributed by atoms with E-state index in [0.717, 1.165) is 29.7 Å². The van der Waals surface area contributed by atoms with Gasteiger partial charge in [-0.25, -0.2) is 4.79 Å². The number of carbonyl (C=O) groups is 2. The van der Waals surface area contributed by atoms with Crippen molar-refractivity contribution in [2.75, 3.05) is 25.5 Å². The van der Waals surface area contributed by atoms with Gasteiger partial charge >= 0.3 is 6.03 Å². The standard InChI is InChI=1S/C21H27N3O3/c1-4-22-20(25)17-12-11-15(2)18(14-17)24-21(26)23-13-7-9-16-8-5-6-10-19(16)27-3/h5-6,8,10-12,14H,4,7,9,13H2,1-3H3,(H,22,25)(H2,23,24,26). The molecule has 2 aromatic carbocycles. The molecule has 6 heteroatoms. The van der Waals surface area contributed by atoms with E-state index in [2.05, 4.69) is 16.0 Å². The highest BCUT2D eigenvalue weighted by Crippen LogP contribution is 2.19. The molecule has 0 aliphatic rings. The van der Waals surface area contributed by atoms with Gasteiger partial charge in [0, 0.05) is 24.3 Å². The van der Waals surface area contributed by atoms with Crippen LogP contribution in [0.15, 0.2) is 42.5 Å². The Morgan fingerprint density at radius 2 is 1.85 bits per heavy atom. The van der Waals surface area contributed by atoms with Gasteiger partial charge in [-0.15, -0.1) is 0 Å². The van der Waals surface area contributed by atoms with Crippen LogP contribution in [-0.2, 0) is 6.42 Å². The summed E-state index contributed by atoms with van der Waals surface area (Å²) in [5.41, 5.74) is 3.16. The van der Waals surface area contributed by atoms with Gasteiger partial charge < -0.3 is 20.7 Å². The Balaban J connectivity index is 1.85. The largest absolute Gasteiger partial charge is 0.496 e. The Hall–Kier alpha value is -3.02. The fourth-order valence-electron chi connectivity index (χ4n) is 2.72. The summed E-state index contributed by atoms with van der Waals surface area (Å²) in [7, 11) is 1.65. The zero-order valence-corrected chi connectivity index (χ0v) is 16.1. The molecule has 0 unspecified atom stereocenters. The van der Waals surface area contributed by atoms with Crippen LogP contribution in [0.4, 0.5) is 10.5 Å². The number of rotatable bonds is 8. The van der Waals surface area contributed by atoms with E-state index in [4.69, 9.17) is 4.74 Å². The summed E-state index contributed by atoms with van der Waals surface area (Å²) >= 11 is 0. The maximum Gasteiger partial charge on any atom is 0.319 e. The van der Waals surface area contributed by atoms with Crippen LogP contribution in [0.5, 0.6) is 5.75 Å². The molecule has 0 heterocycles. The Labute approximate surface area is 160 Å². The smallest absolute Gasteiger partial charge is 0.319 e. The maximum atomic E-state index is 12.2. The number of methoxy groups -OCH3 is 1.